The topological polar surface area (TPSA) is 115 Å². The molecule has 8 heteroatoms. The van der Waals surface area contributed by atoms with E-state index >= 15 is 0 Å². The summed E-state index contributed by atoms with van der Waals surface area (Å²) in [5, 5.41) is 7.71. The summed E-state index contributed by atoms with van der Waals surface area (Å²) >= 11 is 0. The van der Waals surface area contributed by atoms with Crippen molar-refractivity contribution < 1.29 is 13.2 Å². The van der Waals surface area contributed by atoms with Crippen molar-refractivity contribution in [3.63, 3.8) is 0 Å². The summed E-state index contributed by atoms with van der Waals surface area (Å²) < 4.78 is 22.4. The fourth-order valence-electron chi connectivity index (χ4n) is 1.39. The molecule has 0 fully saturated rings. The number of carbonyl (C=O) groups excluding carboxylic acids is 1. The van der Waals surface area contributed by atoms with Gasteiger partial charge in [0.15, 0.2) is 0 Å². The van der Waals surface area contributed by atoms with Gasteiger partial charge in [0, 0.05) is 0 Å². The minimum absolute atomic E-state index is 0. The molecule has 0 aliphatic carbocycles. The van der Waals surface area contributed by atoms with Crippen LogP contribution in [0.2, 0.25) is 0 Å². The molecular weight excluding hydrogens is 290 g/mol. The van der Waals surface area contributed by atoms with E-state index in [-0.39, 0.29) is 29.3 Å². The van der Waals surface area contributed by atoms with Gasteiger partial charge >= 0.3 is 0 Å². The van der Waals surface area contributed by atoms with Crippen LogP contribution in [-0.4, -0.2) is 20.4 Å². The molecule has 0 aliphatic heterocycles. The van der Waals surface area contributed by atoms with Gasteiger partial charge in [0.25, 0.3) is 0 Å². The molecule has 0 bridgehead atoms. The number of benzene rings is 1. The molecule has 108 valence electrons. The van der Waals surface area contributed by atoms with Crippen molar-refractivity contribution in [1.29, 1.82) is 0 Å². The third-order valence-corrected chi connectivity index (χ3v) is 3.37. The molecule has 0 aromatic heterocycles. The van der Waals surface area contributed by atoms with Crippen LogP contribution in [0, 0.1) is 0 Å². The van der Waals surface area contributed by atoms with Gasteiger partial charge in [0.05, 0.1) is 17.0 Å². The lowest BCUT2D eigenvalue weighted by Gasteiger charge is -2.16. The largest absolute Gasteiger partial charge is 0.348 e. The standard InChI is InChI=1S/C11H17N3O3S.ClH/c1-7(12)11(15)14-8(2)9-4-3-5-10(6-9)18(13,16)17;/h3-8H,12H2,1-2H3,(H,14,15)(H2,13,16,17);1H/t7-,8?;/m1./s1. The van der Waals surface area contributed by atoms with Crippen LogP contribution in [0.4, 0.5) is 0 Å². The fourth-order valence-corrected chi connectivity index (χ4v) is 1.96. The normalized spacial score (nSPS) is 14.1. The summed E-state index contributed by atoms with van der Waals surface area (Å²) in [6.45, 7) is 3.31. The van der Waals surface area contributed by atoms with E-state index < -0.39 is 16.1 Å². The molecule has 19 heavy (non-hydrogen) atoms. The van der Waals surface area contributed by atoms with Gasteiger partial charge < -0.3 is 11.1 Å². The molecule has 6 nitrogen and oxygen atoms in total. The number of hydrogen-bond donors (Lipinski definition) is 3. The number of rotatable bonds is 4. The second kappa shape index (κ2) is 6.85. The van der Waals surface area contributed by atoms with Crippen molar-refractivity contribution >= 4 is 28.3 Å². The molecule has 0 radical (unpaired) electrons. The highest BCUT2D eigenvalue weighted by Gasteiger charge is 2.15. The molecule has 0 aliphatic rings. The zero-order valence-electron chi connectivity index (χ0n) is 10.7. The molecule has 5 N–H and O–H groups in total. The molecule has 0 saturated carbocycles. The Bertz CT molecular complexity index is 546. The number of nitrogens with two attached hydrogens (primary N) is 2. The SMILES string of the molecule is CC(NC(=O)[C@@H](C)N)c1cccc(S(N)(=O)=O)c1.Cl. The summed E-state index contributed by atoms with van der Waals surface area (Å²) in [7, 11) is -3.74. The lowest BCUT2D eigenvalue weighted by molar-refractivity contribution is -0.122. The molecule has 0 spiro atoms. The fraction of sp³-hybridized carbons (Fsp3) is 0.364. The Balaban J connectivity index is 0.00000324. The first-order valence-corrected chi connectivity index (χ1v) is 6.95. The van der Waals surface area contributed by atoms with E-state index in [4.69, 9.17) is 10.9 Å². The van der Waals surface area contributed by atoms with Crippen LogP contribution in [0.3, 0.4) is 0 Å². The first kappa shape index (κ1) is 17.8. The van der Waals surface area contributed by atoms with Crippen LogP contribution in [0.15, 0.2) is 29.2 Å². The maximum absolute atomic E-state index is 11.4. The van der Waals surface area contributed by atoms with E-state index in [1.54, 1.807) is 26.0 Å². The number of carbonyl (C=O) groups is 1. The minimum atomic E-state index is -3.74. The summed E-state index contributed by atoms with van der Waals surface area (Å²) in [6, 6.07) is 5.16. The molecule has 1 unspecified atom stereocenters. The van der Waals surface area contributed by atoms with E-state index in [0.717, 1.165) is 0 Å². The average Bonchev–Trinajstić information content (AvgIpc) is 2.27. The predicted molar refractivity (Wildman–Crippen MR) is 75.3 cm³/mol. The van der Waals surface area contributed by atoms with E-state index in [0.29, 0.717) is 5.56 Å². The third-order valence-electron chi connectivity index (χ3n) is 2.46. The van der Waals surface area contributed by atoms with Crippen LogP contribution >= 0.6 is 12.4 Å². The van der Waals surface area contributed by atoms with E-state index in [1.807, 2.05) is 0 Å². The molecule has 2 atom stereocenters. The van der Waals surface area contributed by atoms with Gasteiger partial charge in [0.2, 0.25) is 15.9 Å². The maximum atomic E-state index is 11.4. The van der Waals surface area contributed by atoms with Gasteiger partial charge in [-0.25, -0.2) is 13.6 Å². The van der Waals surface area contributed by atoms with Gasteiger partial charge in [-0.3, -0.25) is 4.79 Å². The molecule has 0 saturated heterocycles. The number of sulfonamides is 1. The molecule has 1 rings (SSSR count). The number of hydrogen-bond acceptors (Lipinski definition) is 4. The van der Waals surface area contributed by atoms with Crippen molar-refractivity contribution in [3.8, 4) is 0 Å². The van der Waals surface area contributed by atoms with Crippen LogP contribution in [0.25, 0.3) is 0 Å². The highest BCUT2D eigenvalue weighted by molar-refractivity contribution is 7.89. The summed E-state index contributed by atoms with van der Waals surface area (Å²) in [5.74, 6) is -0.302. The van der Waals surface area contributed by atoms with Gasteiger partial charge in [0.1, 0.15) is 0 Å². The molecule has 1 aromatic rings. The van der Waals surface area contributed by atoms with Crippen LogP contribution in [-0.2, 0) is 14.8 Å². The Kier molecular flexibility index (Phi) is 6.44. The minimum Gasteiger partial charge on any atom is -0.348 e. The van der Waals surface area contributed by atoms with Crippen LogP contribution in [0.1, 0.15) is 25.5 Å². The number of amides is 1. The van der Waals surface area contributed by atoms with Crippen molar-refractivity contribution in [2.75, 3.05) is 0 Å². The van der Waals surface area contributed by atoms with Crippen molar-refractivity contribution in [2.24, 2.45) is 10.9 Å². The second-order valence-corrected chi connectivity index (χ2v) is 5.70. The van der Waals surface area contributed by atoms with Gasteiger partial charge in [-0.15, -0.1) is 12.4 Å². The highest BCUT2D eigenvalue weighted by Crippen LogP contribution is 2.16. The molecule has 1 amide bonds. The second-order valence-electron chi connectivity index (χ2n) is 4.14. The average molecular weight is 308 g/mol. The predicted octanol–water partition coefficient (Wildman–Crippen LogP) is 0.280. The monoisotopic (exact) mass is 307 g/mol. The summed E-state index contributed by atoms with van der Waals surface area (Å²) in [6.07, 6.45) is 0. The Morgan fingerprint density at radius 1 is 1.32 bits per heavy atom. The van der Waals surface area contributed by atoms with Gasteiger partial charge in [-0.1, -0.05) is 12.1 Å². The number of nitrogens with one attached hydrogen (secondary N) is 1. The first-order valence-electron chi connectivity index (χ1n) is 5.40. The van der Waals surface area contributed by atoms with Crippen molar-refractivity contribution in [3.05, 3.63) is 29.8 Å². The quantitative estimate of drug-likeness (QED) is 0.741. The zero-order chi connectivity index (χ0) is 13.9. The Morgan fingerprint density at radius 3 is 2.37 bits per heavy atom. The zero-order valence-corrected chi connectivity index (χ0v) is 12.3. The van der Waals surface area contributed by atoms with Gasteiger partial charge in [-0.2, -0.15) is 0 Å². The molecule has 1 aromatic carbocycles. The van der Waals surface area contributed by atoms with Gasteiger partial charge in [-0.05, 0) is 31.5 Å². The van der Waals surface area contributed by atoms with Crippen LogP contribution in [0.5, 0.6) is 0 Å². The smallest absolute Gasteiger partial charge is 0.238 e. The maximum Gasteiger partial charge on any atom is 0.238 e. The highest BCUT2D eigenvalue weighted by atomic mass is 35.5. The first-order chi connectivity index (χ1) is 8.21. The molecule has 0 heterocycles. The lowest BCUT2D eigenvalue weighted by atomic mass is 10.1. The Morgan fingerprint density at radius 2 is 1.89 bits per heavy atom. The molecular formula is C11H18ClN3O3S. The number of primary sulfonamides is 1. The Labute approximate surface area is 119 Å². The van der Waals surface area contributed by atoms with E-state index in [9.17, 15) is 13.2 Å². The number of halogens is 1. The van der Waals surface area contributed by atoms with E-state index in [2.05, 4.69) is 5.32 Å². The summed E-state index contributed by atoms with van der Waals surface area (Å²) in [5.41, 5.74) is 6.08. The third kappa shape index (κ3) is 5.15. The van der Waals surface area contributed by atoms with E-state index in [1.165, 1.54) is 12.1 Å². The van der Waals surface area contributed by atoms with Crippen molar-refractivity contribution in [2.45, 2.75) is 30.8 Å². The lowest BCUT2D eigenvalue weighted by Crippen LogP contribution is -2.39. The van der Waals surface area contributed by atoms with Crippen molar-refractivity contribution in [1.82, 2.24) is 5.32 Å². The van der Waals surface area contributed by atoms with Crippen LogP contribution < -0.4 is 16.2 Å². The Hall–Kier alpha value is -1.15. The summed E-state index contributed by atoms with van der Waals surface area (Å²) in [4.78, 5) is 11.4.